The summed E-state index contributed by atoms with van der Waals surface area (Å²) < 4.78 is 1.86. The molecule has 0 N–H and O–H groups in total. The number of aromatic nitrogens is 4. The van der Waals surface area contributed by atoms with Gasteiger partial charge in [-0.2, -0.15) is 10.2 Å². The molecule has 6 nitrogen and oxygen atoms in total. The first kappa shape index (κ1) is 22.7. The summed E-state index contributed by atoms with van der Waals surface area (Å²) in [4.78, 5) is 4.15. The predicted octanol–water partition coefficient (Wildman–Crippen LogP) is 6.86. The van der Waals surface area contributed by atoms with Gasteiger partial charge in [0.25, 0.3) is 0 Å². The van der Waals surface area contributed by atoms with E-state index in [1.165, 1.54) is 22.3 Å². The molecule has 3 aromatic carbocycles. The van der Waals surface area contributed by atoms with Gasteiger partial charge in [0.1, 0.15) is 5.69 Å². The summed E-state index contributed by atoms with van der Waals surface area (Å²) in [6.45, 7) is 0.678. The zero-order chi connectivity index (χ0) is 24.9. The number of benzene rings is 3. The molecule has 0 saturated heterocycles. The van der Waals surface area contributed by atoms with Crippen molar-refractivity contribution in [2.75, 3.05) is 0 Å². The minimum absolute atomic E-state index is 0.0968. The molecule has 37 heavy (non-hydrogen) atoms. The maximum absolute atomic E-state index is 4.55. The number of rotatable bonds is 8. The van der Waals surface area contributed by atoms with Crippen LogP contribution < -0.4 is 0 Å². The van der Waals surface area contributed by atoms with Crippen LogP contribution in [-0.2, 0) is 13.0 Å². The van der Waals surface area contributed by atoms with Crippen LogP contribution in [0.25, 0.3) is 28.1 Å². The monoisotopic (exact) mass is 482 g/mol. The van der Waals surface area contributed by atoms with E-state index < -0.39 is 0 Å². The van der Waals surface area contributed by atoms with Crippen LogP contribution in [0.2, 0.25) is 0 Å². The molecule has 1 unspecified atom stereocenters. The van der Waals surface area contributed by atoms with Gasteiger partial charge in [0.15, 0.2) is 0 Å². The van der Waals surface area contributed by atoms with Crippen LogP contribution in [0.3, 0.4) is 0 Å². The lowest BCUT2D eigenvalue weighted by Crippen LogP contribution is -2.02. The van der Waals surface area contributed by atoms with Gasteiger partial charge in [-0.25, -0.2) is 4.68 Å². The summed E-state index contributed by atoms with van der Waals surface area (Å²) in [7, 11) is 0. The van der Waals surface area contributed by atoms with E-state index in [1.54, 1.807) is 12.4 Å². The lowest BCUT2D eigenvalue weighted by Gasteiger charge is -2.08. The number of azo groups is 1. The van der Waals surface area contributed by atoms with E-state index in [9.17, 15) is 0 Å². The third-order valence-electron chi connectivity index (χ3n) is 6.54. The van der Waals surface area contributed by atoms with Crippen molar-refractivity contribution in [1.29, 1.82) is 0 Å². The maximum atomic E-state index is 4.55. The molecule has 0 saturated carbocycles. The standard InChI is InChI=1S/C31H26N6/c1-2-7-25(8-3-1)28-10-4-5-11-29(28)30-19-27(33-34-30)17-16-23-12-14-24(15-13-23)21-37-22-31(35-36-37)26-9-6-18-32-20-26/h1-15,18-20,22,27H,16-17,21H2. The summed E-state index contributed by atoms with van der Waals surface area (Å²) in [5.41, 5.74) is 8.73. The molecule has 0 bridgehead atoms. The van der Waals surface area contributed by atoms with Gasteiger partial charge in [-0.3, -0.25) is 4.98 Å². The molecule has 5 aromatic rings. The van der Waals surface area contributed by atoms with Gasteiger partial charge in [-0.05, 0) is 53.3 Å². The molecule has 3 heterocycles. The van der Waals surface area contributed by atoms with Gasteiger partial charge < -0.3 is 0 Å². The second-order valence-electron chi connectivity index (χ2n) is 9.14. The fraction of sp³-hybridized carbons (Fsp3) is 0.129. The average molecular weight is 483 g/mol. The Hall–Kier alpha value is -4.71. The van der Waals surface area contributed by atoms with E-state index in [1.807, 2.05) is 29.1 Å². The number of aryl methyl sites for hydroxylation is 1. The highest BCUT2D eigenvalue weighted by Crippen LogP contribution is 2.33. The first-order chi connectivity index (χ1) is 18.3. The number of nitrogens with zero attached hydrogens (tertiary/aromatic N) is 6. The van der Waals surface area contributed by atoms with Gasteiger partial charge in [-0.1, -0.05) is 84.1 Å². The summed E-state index contributed by atoms with van der Waals surface area (Å²) in [6.07, 6.45) is 9.58. The van der Waals surface area contributed by atoms with Crippen molar-refractivity contribution >= 4 is 5.70 Å². The topological polar surface area (TPSA) is 68.3 Å². The van der Waals surface area contributed by atoms with Crippen LogP contribution in [0.5, 0.6) is 0 Å². The highest BCUT2D eigenvalue weighted by Gasteiger charge is 2.17. The number of hydrogen-bond donors (Lipinski definition) is 0. The predicted molar refractivity (Wildman–Crippen MR) is 146 cm³/mol. The quantitative estimate of drug-likeness (QED) is 0.242. The molecule has 0 amide bonds. The maximum Gasteiger partial charge on any atom is 0.114 e. The minimum Gasteiger partial charge on any atom is -0.264 e. The van der Waals surface area contributed by atoms with Crippen LogP contribution in [0.1, 0.15) is 23.1 Å². The first-order valence-corrected chi connectivity index (χ1v) is 12.5. The smallest absolute Gasteiger partial charge is 0.114 e. The van der Waals surface area contributed by atoms with Gasteiger partial charge in [0.05, 0.1) is 24.5 Å². The Morgan fingerprint density at radius 1 is 0.730 bits per heavy atom. The van der Waals surface area contributed by atoms with Crippen LogP contribution in [0, 0.1) is 0 Å². The zero-order valence-electron chi connectivity index (χ0n) is 20.4. The zero-order valence-corrected chi connectivity index (χ0v) is 20.4. The number of pyridine rings is 1. The molecule has 0 aliphatic carbocycles. The van der Waals surface area contributed by atoms with Crippen molar-refractivity contribution in [2.45, 2.75) is 25.4 Å². The molecule has 1 aliphatic heterocycles. The molecule has 6 rings (SSSR count). The molecule has 0 fully saturated rings. The highest BCUT2D eigenvalue weighted by molar-refractivity contribution is 5.81. The summed E-state index contributed by atoms with van der Waals surface area (Å²) in [5, 5.41) is 17.6. The largest absolute Gasteiger partial charge is 0.264 e. The second-order valence-corrected chi connectivity index (χ2v) is 9.14. The van der Waals surface area contributed by atoms with Crippen LogP contribution in [0.4, 0.5) is 0 Å². The van der Waals surface area contributed by atoms with E-state index in [2.05, 4.69) is 104 Å². The van der Waals surface area contributed by atoms with E-state index in [0.717, 1.165) is 35.4 Å². The normalized spacial score (nSPS) is 14.6. The Morgan fingerprint density at radius 2 is 1.49 bits per heavy atom. The fourth-order valence-corrected chi connectivity index (χ4v) is 4.58. The fourth-order valence-electron chi connectivity index (χ4n) is 4.58. The molecule has 2 aromatic heterocycles. The third kappa shape index (κ3) is 5.28. The van der Waals surface area contributed by atoms with Crippen molar-refractivity contribution in [3.63, 3.8) is 0 Å². The minimum atomic E-state index is 0.0968. The Labute approximate surface area is 216 Å². The number of hydrogen-bond acceptors (Lipinski definition) is 5. The van der Waals surface area contributed by atoms with Gasteiger partial charge >= 0.3 is 0 Å². The van der Waals surface area contributed by atoms with Gasteiger partial charge in [0, 0.05) is 23.5 Å². The van der Waals surface area contributed by atoms with Crippen LogP contribution >= 0.6 is 0 Å². The Bertz CT molecular complexity index is 1540. The van der Waals surface area contributed by atoms with Crippen molar-refractivity contribution in [1.82, 2.24) is 20.0 Å². The summed E-state index contributed by atoms with van der Waals surface area (Å²) >= 11 is 0. The molecule has 0 spiro atoms. The molecule has 6 heteroatoms. The van der Waals surface area contributed by atoms with Gasteiger partial charge in [0.2, 0.25) is 0 Å². The Morgan fingerprint density at radius 3 is 2.30 bits per heavy atom. The molecule has 1 aliphatic rings. The lowest BCUT2D eigenvalue weighted by molar-refractivity contribution is 0.649. The third-order valence-corrected chi connectivity index (χ3v) is 6.54. The van der Waals surface area contributed by atoms with E-state index >= 15 is 0 Å². The van der Waals surface area contributed by atoms with E-state index in [-0.39, 0.29) is 6.04 Å². The molecule has 180 valence electrons. The van der Waals surface area contributed by atoms with Crippen molar-refractivity contribution in [3.8, 4) is 22.4 Å². The van der Waals surface area contributed by atoms with Crippen LogP contribution in [-0.4, -0.2) is 26.0 Å². The Balaban J connectivity index is 1.07. The van der Waals surface area contributed by atoms with Crippen molar-refractivity contribution in [2.24, 2.45) is 10.2 Å². The van der Waals surface area contributed by atoms with E-state index in [4.69, 9.17) is 0 Å². The van der Waals surface area contributed by atoms with Crippen LogP contribution in [0.15, 0.2) is 126 Å². The second kappa shape index (κ2) is 10.5. The molecular weight excluding hydrogens is 456 g/mol. The Kier molecular flexibility index (Phi) is 6.45. The lowest BCUT2D eigenvalue weighted by atomic mass is 9.96. The SMILES string of the molecule is C1=C(c2ccccc2-c2ccccc2)N=NC1CCc1ccc(Cn2cc(-c3cccnc3)nn2)cc1. The summed E-state index contributed by atoms with van der Waals surface area (Å²) in [6, 6.07) is 31.5. The molecule has 1 atom stereocenters. The van der Waals surface area contributed by atoms with E-state index in [0.29, 0.717) is 6.54 Å². The highest BCUT2D eigenvalue weighted by atomic mass is 15.4. The van der Waals surface area contributed by atoms with Crippen molar-refractivity contribution in [3.05, 3.63) is 132 Å². The van der Waals surface area contributed by atoms with Crippen molar-refractivity contribution < 1.29 is 0 Å². The molecular formula is C31H26N6. The molecule has 0 radical (unpaired) electrons. The summed E-state index contributed by atoms with van der Waals surface area (Å²) in [5.74, 6) is 0. The van der Waals surface area contributed by atoms with Gasteiger partial charge in [-0.15, -0.1) is 5.10 Å². The first-order valence-electron chi connectivity index (χ1n) is 12.5. The average Bonchev–Trinajstić information content (AvgIpc) is 3.64.